The minimum absolute atomic E-state index is 0.743. The molecule has 0 radical (unpaired) electrons. The molecule has 1 aromatic heterocycles. The van der Waals surface area contributed by atoms with Crippen LogP contribution in [0.2, 0.25) is 0 Å². The van der Waals surface area contributed by atoms with Gasteiger partial charge in [-0.15, -0.1) is 5.10 Å². The van der Waals surface area contributed by atoms with Gasteiger partial charge in [-0.25, -0.2) is 0 Å². The number of aryl methyl sites for hydroxylation is 1. The van der Waals surface area contributed by atoms with E-state index < -0.39 is 0 Å². The van der Waals surface area contributed by atoms with Crippen molar-refractivity contribution in [3.8, 4) is 0 Å². The van der Waals surface area contributed by atoms with Crippen molar-refractivity contribution < 1.29 is 0 Å². The first-order valence-electron chi connectivity index (χ1n) is 7.25. The van der Waals surface area contributed by atoms with Gasteiger partial charge in [-0.3, -0.25) is 4.68 Å². The fourth-order valence-corrected chi connectivity index (χ4v) is 2.61. The molecule has 1 N–H and O–H groups in total. The summed E-state index contributed by atoms with van der Waals surface area (Å²) in [6, 6.07) is 8.70. The number of nitrogens with zero attached hydrogens (tertiary/aromatic N) is 4. The van der Waals surface area contributed by atoms with Crippen LogP contribution in [0.3, 0.4) is 0 Å². The molecular formula is C15H21N5. The van der Waals surface area contributed by atoms with Crippen LogP contribution in [-0.2, 0) is 13.6 Å². The third kappa shape index (κ3) is 2.92. The van der Waals surface area contributed by atoms with Crippen LogP contribution in [0.15, 0.2) is 30.5 Å². The van der Waals surface area contributed by atoms with E-state index in [1.807, 2.05) is 7.05 Å². The summed E-state index contributed by atoms with van der Waals surface area (Å²) in [6.07, 6.45) is 5.78. The van der Waals surface area contributed by atoms with Gasteiger partial charge in [0, 0.05) is 31.5 Å². The molecule has 0 unspecified atom stereocenters. The molecule has 0 aliphatic carbocycles. The van der Waals surface area contributed by atoms with E-state index in [1.165, 1.54) is 38.0 Å². The van der Waals surface area contributed by atoms with Gasteiger partial charge in [0.25, 0.3) is 0 Å². The molecule has 1 aromatic carbocycles. The topological polar surface area (TPSA) is 46.0 Å². The van der Waals surface area contributed by atoms with E-state index in [9.17, 15) is 0 Å². The van der Waals surface area contributed by atoms with E-state index in [4.69, 9.17) is 0 Å². The van der Waals surface area contributed by atoms with Crippen LogP contribution in [0.4, 0.5) is 11.4 Å². The summed E-state index contributed by atoms with van der Waals surface area (Å²) in [7, 11) is 1.91. The highest BCUT2D eigenvalue weighted by atomic mass is 15.4. The van der Waals surface area contributed by atoms with Gasteiger partial charge in [0.1, 0.15) is 0 Å². The highest BCUT2D eigenvalue weighted by Gasteiger charge is 2.10. The van der Waals surface area contributed by atoms with Crippen LogP contribution >= 0.6 is 0 Å². The molecule has 0 saturated carbocycles. The number of rotatable bonds is 4. The molecule has 2 heterocycles. The van der Waals surface area contributed by atoms with Crippen molar-refractivity contribution in [1.82, 2.24) is 15.0 Å². The molecule has 2 aromatic rings. The Hall–Kier alpha value is -2.04. The number of benzene rings is 1. The van der Waals surface area contributed by atoms with Crippen molar-refractivity contribution in [1.29, 1.82) is 0 Å². The summed E-state index contributed by atoms with van der Waals surface area (Å²) in [5, 5.41) is 11.2. The van der Waals surface area contributed by atoms with Gasteiger partial charge in [-0.1, -0.05) is 5.21 Å². The maximum Gasteiger partial charge on any atom is 0.0774 e. The zero-order valence-corrected chi connectivity index (χ0v) is 11.9. The predicted molar refractivity (Wildman–Crippen MR) is 80.8 cm³/mol. The second-order valence-corrected chi connectivity index (χ2v) is 5.30. The maximum atomic E-state index is 3.92. The molecule has 5 heteroatoms. The molecule has 1 aliphatic heterocycles. The summed E-state index contributed by atoms with van der Waals surface area (Å²) < 4.78 is 1.79. The number of piperidine rings is 1. The Morgan fingerprint density at radius 2 is 1.85 bits per heavy atom. The Kier molecular flexibility index (Phi) is 3.85. The first-order chi connectivity index (χ1) is 9.83. The minimum atomic E-state index is 0.743. The monoisotopic (exact) mass is 271 g/mol. The molecule has 0 bridgehead atoms. The molecule has 0 atom stereocenters. The highest BCUT2D eigenvalue weighted by molar-refractivity contribution is 5.55. The Bertz CT molecular complexity index is 540. The van der Waals surface area contributed by atoms with Gasteiger partial charge in [0.15, 0.2) is 0 Å². The Morgan fingerprint density at radius 3 is 2.50 bits per heavy atom. The van der Waals surface area contributed by atoms with Crippen molar-refractivity contribution in [2.75, 3.05) is 23.3 Å². The first kappa shape index (κ1) is 13.0. The normalized spacial score (nSPS) is 15.3. The molecule has 20 heavy (non-hydrogen) atoms. The average Bonchev–Trinajstić information content (AvgIpc) is 2.92. The molecule has 1 fully saturated rings. The van der Waals surface area contributed by atoms with Crippen LogP contribution in [0.25, 0.3) is 0 Å². The van der Waals surface area contributed by atoms with Gasteiger partial charge >= 0.3 is 0 Å². The summed E-state index contributed by atoms with van der Waals surface area (Å²) in [4.78, 5) is 2.47. The molecular weight excluding hydrogens is 250 g/mol. The van der Waals surface area contributed by atoms with E-state index in [1.54, 1.807) is 10.9 Å². The largest absolute Gasteiger partial charge is 0.379 e. The first-order valence-corrected chi connectivity index (χ1v) is 7.25. The fourth-order valence-electron chi connectivity index (χ4n) is 2.61. The van der Waals surface area contributed by atoms with E-state index in [0.717, 1.165) is 17.9 Å². The van der Waals surface area contributed by atoms with E-state index in [2.05, 4.69) is 44.8 Å². The quantitative estimate of drug-likeness (QED) is 0.927. The van der Waals surface area contributed by atoms with Crippen LogP contribution in [0.5, 0.6) is 0 Å². The minimum Gasteiger partial charge on any atom is -0.379 e. The summed E-state index contributed by atoms with van der Waals surface area (Å²) in [5.74, 6) is 0. The predicted octanol–water partition coefficient (Wildman–Crippen LogP) is 2.42. The van der Waals surface area contributed by atoms with Gasteiger partial charge < -0.3 is 10.2 Å². The second kappa shape index (κ2) is 5.94. The number of aromatic nitrogens is 3. The van der Waals surface area contributed by atoms with Crippen molar-refractivity contribution >= 4 is 11.4 Å². The molecule has 1 saturated heterocycles. The Morgan fingerprint density at radius 1 is 1.10 bits per heavy atom. The molecule has 1 aliphatic rings. The highest BCUT2D eigenvalue weighted by Crippen LogP contribution is 2.21. The lowest BCUT2D eigenvalue weighted by Crippen LogP contribution is -2.29. The molecule has 0 spiro atoms. The van der Waals surface area contributed by atoms with E-state index in [-0.39, 0.29) is 0 Å². The third-order valence-electron chi connectivity index (χ3n) is 3.87. The van der Waals surface area contributed by atoms with Gasteiger partial charge in [0.05, 0.1) is 18.4 Å². The van der Waals surface area contributed by atoms with Gasteiger partial charge in [-0.05, 0) is 43.5 Å². The molecule has 0 amide bonds. The summed E-state index contributed by atoms with van der Waals surface area (Å²) >= 11 is 0. The van der Waals surface area contributed by atoms with E-state index >= 15 is 0 Å². The lowest BCUT2D eigenvalue weighted by atomic mass is 10.1. The SMILES string of the molecule is Cn1nncc1CNc1ccc(N2CCCCC2)cc1. The van der Waals surface area contributed by atoms with Crippen molar-refractivity contribution in [2.45, 2.75) is 25.8 Å². The van der Waals surface area contributed by atoms with Crippen LogP contribution < -0.4 is 10.2 Å². The zero-order chi connectivity index (χ0) is 13.8. The Labute approximate surface area is 119 Å². The lowest BCUT2D eigenvalue weighted by Gasteiger charge is -2.28. The third-order valence-corrected chi connectivity index (χ3v) is 3.87. The molecule has 5 nitrogen and oxygen atoms in total. The van der Waals surface area contributed by atoms with Gasteiger partial charge in [-0.2, -0.15) is 0 Å². The van der Waals surface area contributed by atoms with Crippen molar-refractivity contribution in [3.63, 3.8) is 0 Å². The molecule has 3 rings (SSSR count). The number of anilines is 2. The van der Waals surface area contributed by atoms with Crippen LogP contribution in [0, 0.1) is 0 Å². The molecule has 106 valence electrons. The van der Waals surface area contributed by atoms with Crippen LogP contribution in [-0.4, -0.2) is 28.1 Å². The standard InChI is InChI=1S/C15H21N5/c1-19-15(12-17-18-19)11-16-13-5-7-14(8-6-13)20-9-3-2-4-10-20/h5-8,12,16H,2-4,9-11H2,1H3. The summed E-state index contributed by atoms with van der Waals surface area (Å²) in [6.45, 7) is 3.12. The lowest BCUT2D eigenvalue weighted by molar-refractivity contribution is 0.578. The zero-order valence-electron chi connectivity index (χ0n) is 11.9. The Balaban J connectivity index is 1.59. The fraction of sp³-hybridized carbons (Fsp3) is 0.467. The number of hydrogen-bond donors (Lipinski definition) is 1. The number of nitrogens with one attached hydrogen (secondary N) is 1. The van der Waals surface area contributed by atoms with Crippen molar-refractivity contribution in [3.05, 3.63) is 36.2 Å². The van der Waals surface area contributed by atoms with Crippen LogP contribution in [0.1, 0.15) is 25.0 Å². The van der Waals surface area contributed by atoms with Gasteiger partial charge in [0.2, 0.25) is 0 Å². The second-order valence-electron chi connectivity index (χ2n) is 5.30. The average molecular weight is 271 g/mol. The number of hydrogen-bond acceptors (Lipinski definition) is 4. The smallest absolute Gasteiger partial charge is 0.0774 e. The van der Waals surface area contributed by atoms with Crippen molar-refractivity contribution in [2.24, 2.45) is 7.05 Å². The van der Waals surface area contributed by atoms with E-state index in [0.29, 0.717) is 0 Å². The maximum absolute atomic E-state index is 3.92. The summed E-state index contributed by atoms with van der Waals surface area (Å²) in [5.41, 5.74) is 3.54.